The van der Waals surface area contributed by atoms with E-state index in [1.807, 2.05) is 35.8 Å². The number of nitrogens with one attached hydrogen (secondary N) is 2. The Morgan fingerprint density at radius 3 is 2.68 bits per heavy atom. The second-order valence-corrected chi connectivity index (χ2v) is 10.1. The SMILES string of the molecule is O=S1(=O)N(CCNc2nonc2C(=Nc2ccc(F)c(Br)c2)NO)CCN1Cc1ccccc1. The van der Waals surface area contributed by atoms with E-state index in [4.69, 9.17) is 4.63 Å². The van der Waals surface area contributed by atoms with Gasteiger partial charge in [0, 0.05) is 32.7 Å². The number of aliphatic imine (C=N–C) groups is 1. The van der Waals surface area contributed by atoms with Crippen molar-refractivity contribution in [2.75, 3.05) is 31.5 Å². The van der Waals surface area contributed by atoms with Gasteiger partial charge in [-0.15, -0.1) is 0 Å². The summed E-state index contributed by atoms with van der Waals surface area (Å²) in [5.41, 5.74) is 3.25. The third kappa shape index (κ3) is 5.42. The lowest BCUT2D eigenvalue weighted by atomic mass is 10.2. The van der Waals surface area contributed by atoms with Gasteiger partial charge < -0.3 is 5.32 Å². The number of nitrogens with zero attached hydrogens (tertiary/aromatic N) is 5. The fourth-order valence-corrected chi connectivity index (χ4v) is 5.32. The van der Waals surface area contributed by atoms with Crippen molar-refractivity contribution in [3.8, 4) is 0 Å². The van der Waals surface area contributed by atoms with Crippen LogP contribution in [0, 0.1) is 5.82 Å². The Kier molecular flexibility index (Phi) is 7.53. The maximum atomic E-state index is 13.5. The molecule has 0 aliphatic carbocycles. The number of hydroxylamine groups is 1. The molecule has 1 saturated heterocycles. The lowest BCUT2D eigenvalue weighted by Crippen LogP contribution is -2.35. The van der Waals surface area contributed by atoms with E-state index < -0.39 is 16.0 Å². The number of hydrogen-bond acceptors (Lipinski definition) is 8. The summed E-state index contributed by atoms with van der Waals surface area (Å²) < 4.78 is 46.9. The molecular weight excluding hydrogens is 533 g/mol. The highest BCUT2D eigenvalue weighted by Crippen LogP contribution is 2.23. The van der Waals surface area contributed by atoms with Gasteiger partial charge in [0.05, 0.1) is 10.2 Å². The smallest absolute Gasteiger partial charge is 0.282 e. The van der Waals surface area contributed by atoms with Crippen molar-refractivity contribution in [2.24, 2.45) is 4.99 Å². The van der Waals surface area contributed by atoms with E-state index in [2.05, 4.69) is 36.6 Å². The number of benzene rings is 2. The van der Waals surface area contributed by atoms with Crippen LogP contribution in [0.15, 0.2) is 62.6 Å². The fraction of sp³-hybridized carbons (Fsp3) is 0.250. The highest BCUT2D eigenvalue weighted by atomic mass is 79.9. The Balaban J connectivity index is 1.39. The van der Waals surface area contributed by atoms with Gasteiger partial charge in [-0.05, 0) is 50.0 Å². The van der Waals surface area contributed by atoms with Crippen LogP contribution in [0.3, 0.4) is 0 Å². The molecule has 4 rings (SSSR count). The molecule has 3 N–H and O–H groups in total. The van der Waals surface area contributed by atoms with Crippen LogP contribution in [0.1, 0.15) is 11.3 Å². The first-order chi connectivity index (χ1) is 16.4. The lowest BCUT2D eigenvalue weighted by Gasteiger charge is -2.18. The minimum atomic E-state index is -3.59. The minimum Gasteiger partial charge on any atom is -0.364 e. The quantitative estimate of drug-likeness (QED) is 0.220. The predicted molar refractivity (Wildman–Crippen MR) is 125 cm³/mol. The van der Waals surface area contributed by atoms with E-state index in [9.17, 15) is 18.0 Å². The molecule has 11 nitrogen and oxygen atoms in total. The van der Waals surface area contributed by atoms with Crippen molar-refractivity contribution in [1.29, 1.82) is 0 Å². The molecule has 1 aliphatic heterocycles. The second kappa shape index (κ2) is 10.6. The van der Waals surface area contributed by atoms with Crippen LogP contribution in [-0.2, 0) is 16.8 Å². The molecule has 0 saturated carbocycles. The van der Waals surface area contributed by atoms with Crippen molar-refractivity contribution in [1.82, 2.24) is 24.4 Å². The molecule has 0 unspecified atom stereocenters. The maximum Gasteiger partial charge on any atom is 0.282 e. The van der Waals surface area contributed by atoms with E-state index >= 15 is 0 Å². The second-order valence-electron chi connectivity index (χ2n) is 7.28. The Labute approximate surface area is 203 Å². The molecule has 14 heteroatoms. The molecule has 2 heterocycles. The number of amidine groups is 1. The van der Waals surface area contributed by atoms with Crippen LogP contribution in [0.4, 0.5) is 15.9 Å². The zero-order chi connectivity index (χ0) is 24.1. The maximum absolute atomic E-state index is 13.5. The summed E-state index contributed by atoms with van der Waals surface area (Å²) in [7, 11) is -3.59. The van der Waals surface area contributed by atoms with Gasteiger partial charge in [-0.2, -0.15) is 17.0 Å². The summed E-state index contributed by atoms with van der Waals surface area (Å²) >= 11 is 3.08. The normalized spacial score (nSPS) is 16.6. The molecule has 3 aromatic rings. The Morgan fingerprint density at radius 2 is 1.94 bits per heavy atom. The van der Waals surface area contributed by atoms with Gasteiger partial charge in [-0.1, -0.05) is 30.3 Å². The minimum absolute atomic E-state index is 0.0675. The van der Waals surface area contributed by atoms with E-state index in [1.165, 1.54) is 26.8 Å². The molecule has 1 aliphatic rings. The number of hydrogen-bond donors (Lipinski definition) is 3. The van der Waals surface area contributed by atoms with Crippen molar-refractivity contribution >= 4 is 43.5 Å². The Bertz CT molecular complexity index is 1270. The summed E-state index contributed by atoms with van der Waals surface area (Å²) in [4.78, 5) is 4.18. The van der Waals surface area contributed by atoms with Gasteiger partial charge in [0.25, 0.3) is 10.2 Å². The highest BCUT2D eigenvalue weighted by molar-refractivity contribution is 9.10. The third-order valence-electron chi connectivity index (χ3n) is 5.07. The summed E-state index contributed by atoms with van der Waals surface area (Å²) in [6.07, 6.45) is 0. The summed E-state index contributed by atoms with van der Waals surface area (Å²) in [5, 5.41) is 20.0. The zero-order valence-electron chi connectivity index (χ0n) is 17.7. The molecule has 0 atom stereocenters. The van der Waals surface area contributed by atoms with Crippen molar-refractivity contribution in [3.63, 3.8) is 0 Å². The number of halogens is 2. The van der Waals surface area contributed by atoms with Gasteiger partial charge in [0.2, 0.25) is 5.82 Å². The predicted octanol–water partition coefficient (Wildman–Crippen LogP) is 2.50. The van der Waals surface area contributed by atoms with Gasteiger partial charge >= 0.3 is 0 Å². The van der Waals surface area contributed by atoms with Crippen molar-refractivity contribution < 1.29 is 22.6 Å². The third-order valence-corrected chi connectivity index (χ3v) is 7.66. The first kappa shape index (κ1) is 24.2. The lowest BCUT2D eigenvalue weighted by molar-refractivity contribution is 0.234. The van der Waals surface area contributed by atoms with Crippen LogP contribution in [-0.4, -0.2) is 64.6 Å². The molecule has 1 aromatic heterocycles. The molecule has 2 aromatic carbocycles. The standard InChI is InChI=1S/C20H21BrFN7O4S/c21-16-12-15(6-7-17(16)22)24-20(25-30)18-19(27-33-26-18)23-8-9-28-10-11-29(34(28,31)32)13-14-4-2-1-3-5-14/h1-7,12,30H,8-11,13H2,(H,23,27)(H,24,25). The Morgan fingerprint density at radius 1 is 1.18 bits per heavy atom. The van der Waals surface area contributed by atoms with Gasteiger partial charge in [0.1, 0.15) is 5.82 Å². The topological polar surface area (TPSA) is 136 Å². The monoisotopic (exact) mass is 553 g/mol. The highest BCUT2D eigenvalue weighted by Gasteiger charge is 2.36. The molecule has 0 bridgehead atoms. The van der Waals surface area contributed by atoms with Crippen LogP contribution in [0.5, 0.6) is 0 Å². The summed E-state index contributed by atoms with van der Waals surface area (Å²) in [6, 6.07) is 13.5. The largest absolute Gasteiger partial charge is 0.364 e. The average molecular weight is 554 g/mol. The van der Waals surface area contributed by atoms with Crippen molar-refractivity contribution in [3.05, 3.63) is 70.1 Å². The average Bonchev–Trinajstić information content (AvgIpc) is 3.40. The fourth-order valence-electron chi connectivity index (χ4n) is 3.37. The van der Waals surface area contributed by atoms with E-state index in [-0.39, 0.29) is 34.9 Å². The van der Waals surface area contributed by atoms with Gasteiger partial charge in [-0.3, -0.25) is 10.7 Å². The number of aromatic nitrogens is 2. The summed E-state index contributed by atoms with van der Waals surface area (Å²) in [6.45, 7) is 1.47. The Hall–Kier alpha value is -2.91. The van der Waals surface area contributed by atoms with E-state index in [0.717, 1.165) is 5.56 Å². The van der Waals surface area contributed by atoms with Crippen molar-refractivity contribution in [2.45, 2.75) is 6.54 Å². The summed E-state index contributed by atoms with van der Waals surface area (Å²) in [5.74, 6) is -0.397. The number of anilines is 1. The van der Waals surface area contributed by atoms with Gasteiger partial charge in [-0.25, -0.2) is 14.0 Å². The zero-order valence-corrected chi connectivity index (χ0v) is 20.1. The molecule has 0 radical (unpaired) electrons. The molecular formula is C20H21BrFN7O4S. The first-order valence-corrected chi connectivity index (χ1v) is 12.4. The van der Waals surface area contributed by atoms with Crippen LogP contribution in [0.2, 0.25) is 0 Å². The number of rotatable bonds is 8. The molecule has 0 amide bonds. The van der Waals surface area contributed by atoms with Crippen LogP contribution in [0.25, 0.3) is 0 Å². The van der Waals surface area contributed by atoms with Crippen LogP contribution < -0.4 is 10.8 Å². The van der Waals surface area contributed by atoms with E-state index in [1.54, 1.807) is 0 Å². The van der Waals surface area contributed by atoms with Gasteiger partial charge in [0.15, 0.2) is 11.5 Å². The van der Waals surface area contributed by atoms with Crippen LogP contribution >= 0.6 is 15.9 Å². The molecule has 1 fully saturated rings. The van der Waals surface area contributed by atoms with E-state index in [0.29, 0.717) is 25.3 Å². The molecule has 34 heavy (non-hydrogen) atoms. The molecule has 0 spiro atoms. The first-order valence-electron chi connectivity index (χ1n) is 10.2. The molecule has 180 valence electrons.